The largest absolute Gasteiger partial charge is 0.489 e. The highest BCUT2D eigenvalue weighted by atomic mass is 16.5. The van der Waals surface area contributed by atoms with E-state index in [1.807, 2.05) is 30.3 Å². The number of aryl methyl sites for hydroxylation is 1. The number of carbonyl (C=O) groups is 3. The van der Waals surface area contributed by atoms with Crippen LogP contribution >= 0.6 is 0 Å². The molecule has 2 aromatic carbocycles. The maximum Gasteiger partial charge on any atom is 0.303 e. The zero-order valence-corrected chi connectivity index (χ0v) is 18.0. The molecule has 0 saturated carbocycles. The van der Waals surface area contributed by atoms with E-state index in [2.05, 4.69) is 20.5 Å². The van der Waals surface area contributed by atoms with Crippen molar-refractivity contribution < 1.29 is 24.2 Å². The summed E-state index contributed by atoms with van der Waals surface area (Å²) in [5.41, 5.74) is 2.31. The van der Waals surface area contributed by atoms with Gasteiger partial charge in [0.25, 0.3) is 11.8 Å². The van der Waals surface area contributed by atoms with E-state index >= 15 is 0 Å². The minimum Gasteiger partial charge on any atom is -0.489 e. The molecule has 2 heterocycles. The Morgan fingerprint density at radius 3 is 2.73 bits per heavy atom. The van der Waals surface area contributed by atoms with Crippen LogP contribution in [0, 0.1) is 0 Å². The summed E-state index contributed by atoms with van der Waals surface area (Å²) in [5.74, 6) is -1.47. The van der Waals surface area contributed by atoms with Crippen molar-refractivity contribution in [1.29, 1.82) is 0 Å². The fourth-order valence-electron chi connectivity index (χ4n) is 3.61. The highest BCUT2D eigenvalue weighted by molar-refractivity contribution is 6.38. The highest BCUT2D eigenvalue weighted by Crippen LogP contribution is 2.32. The third kappa shape index (κ3) is 5.22. The molecule has 0 aromatic heterocycles. The molecule has 0 saturated heterocycles. The molecule has 2 aromatic rings. The lowest BCUT2D eigenvalue weighted by Crippen LogP contribution is -2.50. The third-order valence-electron chi connectivity index (χ3n) is 5.37. The first kappa shape index (κ1) is 22.1. The van der Waals surface area contributed by atoms with Crippen LogP contribution in [-0.4, -0.2) is 54.6 Å². The quantitative estimate of drug-likeness (QED) is 0.667. The molecule has 33 heavy (non-hydrogen) atoms. The smallest absolute Gasteiger partial charge is 0.303 e. The van der Waals surface area contributed by atoms with Crippen molar-refractivity contribution in [3.05, 3.63) is 59.7 Å². The summed E-state index contributed by atoms with van der Waals surface area (Å²) >= 11 is 0. The number of carboxylic acids is 1. The van der Waals surface area contributed by atoms with E-state index in [0.717, 1.165) is 11.1 Å². The summed E-state index contributed by atoms with van der Waals surface area (Å²) < 4.78 is 5.76. The number of benzene rings is 2. The van der Waals surface area contributed by atoms with Crippen molar-refractivity contribution in [2.75, 3.05) is 18.6 Å². The number of likely N-dealkylation sites (N-methyl/N-ethyl adjacent to an activating group) is 1. The lowest BCUT2D eigenvalue weighted by Gasteiger charge is -2.20. The van der Waals surface area contributed by atoms with Crippen LogP contribution in [0.1, 0.15) is 17.5 Å². The first-order valence-corrected chi connectivity index (χ1v) is 10.5. The minimum atomic E-state index is -0.941. The molecular weight excluding hydrogens is 426 g/mol. The molecule has 2 N–H and O–H groups in total. The number of azo groups is 1. The number of nitrogens with zero attached hydrogens (tertiary/aromatic N) is 4. The van der Waals surface area contributed by atoms with E-state index in [4.69, 9.17) is 9.84 Å². The number of fused-ring (bicyclic) bond motifs is 1. The van der Waals surface area contributed by atoms with Crippen molar-refractivity contribution in [3.63, 3.8) is 0 Å². The van der Waals surface area contributed by atoms with Crippen LogP contribution in [0.2, 0.25) is 0 Å². The number of nitrogens with one attached hydrogen (secondary N) is 1. The average molecular weight is 449 g/mol. The molecule has 0 bridgehead atoms. The van der Waals surface area contributed by atoms with Gasteiger partial charge >= 0.3 is 5.97 Å². The number of amidine groups is 1. The Morgan fingerprint density at radius 1 is 1.18 bits per heavy atom. The number of aliphatic imine (C=N–C) groups is 1. The number of carboxylic acid groups (broad SMARTS) is 1. The van der Waals surface area contributed by atoms with Gasteiger partial charge in [0.05, 0.1) is 5.69 Å². The summed E-state index contributed by atoms with van der Waals surface area (Å²) in [5, 5.41) is 19.5. The molecule has 2 amide bonds. The summed E-state index contributed by atoms with van der Waals surface area (Å²) in [6.45, 7) is -0.0613. The molecule has 2 aliphatic rings. The van der Waals surface area contributed by atoms with Crippen LogP contribution in [0.5, 0.6) is 5.75 Å². The standard InChI is InChI=1S/C23H23N5O5/c1-28-17-11-15(8-10-20(29)30)7-9-18(17)33-13-16(23(28)32)24-22(31)21-25-19(26-27-21)12-14-5-3-2-4-6-14/h2-7,9,11,16,19H,8,10,12-13H2,1H3,(H,24,31)(H,29,30)/t16-,19?/m0/s1. The van der Waals surface area contributed by atoms with E-state index < -0.39 is 24.1 Å². The van der Waals surface area contributed by atoms with Gasteiger partial charge < -0.3 is 20.1 Å². The van der Waals surface area contributed by atoms with Crippen LogP contribution < -0.4 is 15.0 Å². The lowest BCUT2D eigenvalue weighted by atomic mass is 10.1. The second-order valence-corrected chi connectivity index (χ2v) is 7.77. The van der Waals surface area contributed by atoms with Gasteiger partial charge in [0.2, 0.25) is 5.84 Å². The Morgan fingerprint density at radius 2 is 1.97 bits per heavy atom. The maximum absolute atomic E-state index is 13.0. The second-order valence-electron chi connectivity index (χ2n) is 7.77. The SMILES string of the molecule is CN1C(=O)[C@@H](NC(=O)C2=NC(Cc3ccccc3)N=N2)COc2ccc(CCC(=O)O)cc21. The van der Waals surface area contributed by atoms with Crippen molar-refractivity contribution in [1.82, 2.24) is 5.32 Å². The average Bonchev–Trinajstić information content (AvgIpc) is 3.24. The Labute approximate surface area is 190 Å². The molecule has 0 radical (unpaired) electrons. The number of amides is 2. The van der Waals surface area contributed by atoms with Gasteiger partial charge in [0, 0.05) is 19.9 Å². The van der Waals surface area contributed by atoms with E-state index in [-0.39, 0.29) is 24.8 Å². The predicted octanol–water partition coefficient (Wildman–Crippen LogP) is 1.98. The predicted molar refractivity (Wildman–Crippen MR) is 119 cm³/mol. The number of hydrogen-bond acceptors (Lipinski definition) is 7. The number of carbonyl (C=O) groups excluding carboxylic acids is 2. The van der Waals surface area contributed by atoms with Crippen LogP contribution in [0.3, 0.4) is 0 Å². The number of ether oxygens (including phenoxy) is 1. The van der Waals surface area contributed by atoms with E-state index in [1.165, 1.54) is 4.90 Å². The van der Waals surface area contributed by atoms with Gasteiger partial charge in [-0.05, 0) is 29.7 Å². The number of rotatable bonds is 7. The van der Waals surface area contributed by atoms with Crippen LogP contribution in [0.4, 0.5) is 5.69 Å². The van der Waals surface area contributed by atoms with Gasteiger partial charge in [-0.2, -0.15) is 5.11 Å². The minimum absolute atomic E-state index is 0.0160. The first-order valence-electron chi connectivity index (χ1n) is 10.5. The van der Waals surface area contributed by atoms with E-state index in [1.54, 1.807) is 25.2 Å². The summed E-state index contributed by atoms with van der Waals surface area (Å²) in [7, 11) is 1.58. The number of anilines is 1. The molecule has 0 aliphatic carbocycles. The fourth-order valence-corrected chi connectivity index (χ4v) is 3.61. The molecule has 10 nitrogen and oxygen atoms in total. The molecule has 2 atom stereocenters. The molecule has 10 heteroatoms. The topological polar surface area (TPSA) is 133 Å². The van der Waals surface area contributed by atoms with Gasteiger partial charge in [0.15, 0.2) is 6.17 Å². The Hall–Kier alpha value is -4.08. The van der Waals surface area contributed by atoms with Crippen LogP contribution in [-0.2, 0) is 27.2 Å². The second kappa shape index (κ2) is 9.60. The van der Waals surface area contributed by atoms with Gasteiger partial charge in [-0.1, -0.05) is 36.4 Å². The number of hydrogen-bond donors (Lipinski definition) is 2. The molecule has 2 aliphatic heterocycles. The van der Waals surface area contributed by atoms with Crippen LogP contribution in [0.15, 0.2) is 63.8 Å². The molecule has 1 unspecified atom stereocenters. The zero-order chi connectivity index (χ0) is 23.4. The van der Waals surface area contributed by atoms with Gasteiger partial charge in [-0.15, -0.1) is 5.11 Å². The molecule has 0 spiro atoms. The third-order valence-corrected chi connectivity index (χ3v) is 5.37. The molecular formula is C23H23N5O5. The van der Waals surface area contributed by atoms with Crippen LogP contribution in [0.25, 0.3) is 0 Å². The summed E-state index contributed by atoms with van der Waals surface area (Å²) in [6, 6.07) is 13.9. The fraction of sp³-hybridized carbons (Fsp3) is 0.304. The first-order chi connectivity index (χ1) is 15.9. The zero-order valence-electron chi connectivity index (χ0n) is 18.0. The highest BCUT2D eigenvalue weighted by Gasteiger charge is 2.32. The van der Waals surface area contributed by atoms with Crippen molar-refractivity contribution in [2.45, 2.75) is 31.5 Å². The van der Waals surface area contributed by atoms with Crippen molar-refractivity contribution in [2.24, 2.45) is 15.2 Å². The Kier molecular flexibility index (Phi) is 6.43. The Bertz CT molecular complexity index is 1130. The molecule has 170 valence electrons. The van der Waals surface area contributed by atoms with E-state index in [0.29, 0.717) is 24.3 Å². The van der Waals surface area contributed by atoms with Crippen molar-refractivity contribution in [3.8, 4) is 5.75 Å². The Balaban J connectivity index is 1.41. The number of aliphatic carboxylic acids is 1. The van der Waals surface area contributed by atoms with Gasteiger partial charge in [0.1, 0.15) is 18.4 Å². The van der Waals surface area contributed by atoms with Gasteiger partial charge in [-0.3, -0.25) is 14.4 Å². The monoisotopic (exact) mass is 449 g/mol. The van der Waals surface area contributed by atoms with Gasteiger partial charge in [-0.25, -0.2) is 4.99 Å². The van der Waals surface area contributed by atoms with E-state index in [9.17, 15) is 14.4 Å². The maximum atomic E-state index is 13.0. The molecule has 0 fully saturated rings. The summed E-state index contributed by atoms with van der Waals surface area (Å²) in [6.07, 6.45) is 0.359. The molecule has 4 rings (SSSR count). The lowest BCUT2D eigenvalue weighted by molar-refractivity contribution is -0.137. The normalized spacial score (nSPS) is 19.4. The summed E-state index contributed by atoms with van der Waals surface area (Å²) in [4.78, 5) is 42.2. The van der Waals surface area contributed by atoms with Crippen molar-refractivity contribution >= 4 is 29.3 Å².